The third-order valence-corrected chi connectivity index (χ3v) is 6.73. The molecule has 96 valence electrons. The molecule has 3 heterocycles. The van der Waals surface area contributed by atoms with Gasteiger partial charge < -0.3 is 5.32 Å². The smallest absolute Gasteiger partial charge is 0.0649 e. The summed E-state index contributed by atoms with van der Waals surface area (Å²) in [6.07, 6.45) is 1.23. The van der Waals surface area contributed by atoms with Crippen molar-refractivity contribution < 1.29 is 0 Å². The fourth-order valence-electron chi connectivity index (χ4n) is 2.43. The summed E-state index contributed by atoms with van der Waals surface area (Å²) in [5.41, 5.74) is 1.51. The molecule has 3 atom stereocenters. The van der Waals surface area contributed by atoms with Gasteiger partial charge >= 0.3 is 0 Å². The summed E-state index contributed by atoms with van der Waals surface area (Å²) < 4.78 is 1.50. The van der Waals surface area contributed by atoms with Crippen LogP contribution in [-0.2, 0) is 0 Å². The first-order valence-corrected chi connectivity index (χ1v) is 8.91. The van der Waals surface area contributed by atoms with E-state index in [-0.39, 0.29) is 0 Å². The van der Waals surface area contributed by atoms with Gasteiger partial charge in [0.1, 0.15) is 0 Å². The van der Waals surface area contributed by atoms with Crippen LogP contribution in [0.2, 0.25) is 0 Å². The van der Waals surface area contributed by atoms with Crippen molar-refractivity contribution in [3.05, 3.63) is 39.4 Å². The monoisotopic (exact) mass is 295 g/mol. The van der Waals surface area contributed by atoms with E-state index in [9.17, 15) is 0 Å². The molecule has 18 heavy (non-hydrogen) atoms. The quantitative estimate of drug-likeness (QED) is 0.847. The lowest BCUT2D eigenvalue weighted by molar-refractivity contribution is 0.439. The normalized spacial score (nSPS) is 24.8. The van der Waals surface area contributed by atoms with Gasteiger partial charge in [-0.25, -0.2) is 0 Å². The van der Waals surface area contributed by atoms with Crippen LogP contribution < -0.4 is 5.32 Å². The van der Waals surface area contributed by atoms with E-state index in [2.05, 4.69) is 48.1 Å². The molecule has 0 bridgehead atoms. The van der Waals surface area contributed by atoms with Gasteiger partial charge in [0.15, 0.2) is 0 Å². The number of hydrogen-bond acceptors (Lipinski definition) is 4. The topological polar surface area (TPSA) is 12.0 Å². The molecule has 0 saturated carbocycles. The first-order valence-electron chi connectivity index (χ1n) is 6.27. The van der Waals surface area contributed by atoms with Gasteiger partial charge in [-0.3, -0.25) is 0 Å². The first-order chi connectivity index (χ1) is 8.74. The van der Waals surface area contributed by atoms with Crippen LogP contribution >= 0.6 is 34.4 Å². The standard InChI is InChI=1S/C14H17NS3/c1-9-8-12(11-5-7-17-14(11)18-9)15-10(2)13-4-3-6-16-13/h3-7,9-10,12,15H,8H2,1-2H3/t9-,10-,12?/m0/s1. The van der Waals surface area contributed by atoms with Crippen molar-refractivity contribution in [3.8, 4) is 0 Å². The van der Waals surface area contributed by atoms with E-state index < -0.39 is 0 Å². The van der Waals surface area contributed by atoms with Crippen molar-refractivity contribution in [3.63, 3.8) is 0 Å². The third-order valence-electron chi connectivity index (χ3n) is 3.33. The molecule has 0 aromatic carbocycles. The minimum Gasteiger partial charge on any atom is -0.302 e. The Labute approximate surface area is 121 Å². The summed E-state index contributed by atoms with van der Waals surface area (Å²) in [5, 5.41) is 8.89. The Morgan fingerprint density at radius 3 is 2.94 bits per heavy atom. The summed E-state index contributed by atoms with van der Waals surface area (Å²) in [4.78, 5) is 1.43. The Kier molecular flexibility index (Phi) is 3.80. The fourth-order valence-corrected chi connectivity index (χ4v) is 5.74. The maximum atomic E-state index is 3.80. The van der Waals surface area contributed by atoms with E-state index in [1.54, 1.807) is 0 Å². The highest BCUT2D eigenvalue weighted by Crippen LogP contribution is 2.44. The lowest BCUT2D eigenvalue weighted by Gasteiger charge is -2.30. The molecular formula is C14H17NS3. The van der Waals surface area contributed by atoms with E-state index in [1.165, 1.54) is 21.1 Å². The number of rotatable bonds is 3. The van der Waals surface area contributed by atoms with Gasteiger partial charge in [-0.1, -0.05) is 13.0 Å². The highest BCUT2D eigenvalue weighted by molar-refractivity contribution is 8.01. The zero-order valence-electron chi connectivity index (χ0n) is 10.6. The van der Waals surface area contributed by atoms with Gasteiger partial charge in [-0.2, -0.15) is 0 Å². The second kappa shape index (κ2) is 5.37. The van der Waals surface area contributed by atoms with Gasteiger partial charge in [0.05, 0.1) is 4.21 Å². The molecule has 0 fully saturated rings. The maximum absolute atomic E-state index is 3.80. The Morgan fingerprint density at radius 2 is 2.17 bits per heavy atom. The van der Waals surface area contributed by atoms with E-state index >= 15 is 0 Å². The van der Waals surface area contributed by atoms with Gasteiger partial charge in [0.25, 0.3) is 0 Å². The first kappa shape index (κ1) is 12.7. The number of fused-ring (bicyclic) bond motifs is 1. The van der Waals surface area contributed by atoms with Crippen molar-refractivity contribution >= 4 is 34.4 Å². The Hall–Kier alpha value is -0.290. The molecule has 3 rings (SSSR count). The van der Waals surface area contributed by atoms with Crippen LogP contribution in [0.4, 0.5) is 0 Å². The van der Waals surface area contributed by atoms with E-state index in [0.717, 1.165) is 0 Å². The lowest BCUT2D eigenvalue weighted by Crippen LogP contribution is -2.28. The summed E-state index contributed by atoms with van der Waals surface area (Å²) in [5.74, 6) is 0. The minimum atomic E-state index is 0.443. The highest BCUT2D eigenvalue weighted by atomic mass is 32.2. The van der Waals surface area contributed by atoms with Crippen LogP contribution in [-0.4, -0.2) is 5.25 Å². The van der Waals surface area contributed by atoms with Crippen molar-refractivity contribution in [1.29, 1.82) is 0 Å². The third kappa shape index (κ3) is 2.52. The van der Waals surface area contributed by atoms with Crippen LogP contribution in [0.3, 0.4) is 0 Å². The molecule has 0 saturated heterocycles. The summed E-state index contributed by atoms with van der Waals surface area (Å²) in [7, 11) is 0. The molecule has 1 aliphatic heterocycles. The molecule has 2 aromatic rings. The number of thiophene rings is 2. The van der Waals surface area contributed by atoms with Crippen LogP contribution in [0.1, 0.15) is 42.8 Å². The minimum absolute atomic E-state index is 0.443. The zero-order chi connectivity index (χ0) is 12.5. The lowest BCUT2D eigenvalue weighted by atomic mass is 10.0. The molecule has 1 unspecified atom stereocenters. The van der Waals surface area contributed by atoms with Crippen LogP contribution in [0.15, 0.2) is 33.2 Å². The predicted octanol–water partition coefficient (Wildman–Crippen LogP) is 5.09. The van der Waals surface area contributed by atoms with Crippen molar-refractivity contribution in [2.75, 3.05) is 0 Å². The molecule has 1 aliphatic rings. The van der Waals surface area contributed by atoms with Gasteiger partial charge in [0, 0.05) is 22.2 Å². The SMILES string of the molecule is C[C@H](NC1C[C@H](C)Sc2sccc21)c1cccs1. The average Bonchev–Trinajstić information content (AvgIpc) is 2.98. The molecular weight excluding hydrogens is 278 g/mol. The summed E-state index contributed by atoms with van der Waals surface area (Å²) >= 11 is 5.75. The second-order valence-electron chi connectivity index (χ2n) is 4.78. The summed E-state index contributed by atoms with van der Waals surface area (Å²) in [6.45, 7) is 4.60. The van der Waals surface area contributed by atoms with Crippen LogP contribution in [0, 0.1) is 0 Å². The predicted molar refractivity (Wildman–Crippen MR) is 82.9 cm³/mol. The fraction of sp³-hybridized carbons (Fsp3) is 0.429. The Bertz CT molecular complexity index is 503. The van der Waals surface area contributed by atoms with Gasteiger partial charge in [-0.15, -0.1) is 34.4 Å². The molecule has 1 nitrogen and oxygen atoms in total. The number of thioether (sulfide) groups is 1. The molecule has 0 aliphatic carbocycles. The van der Waals surface area contributed by atoms with E-state index in [4.69, 9.17) is 0 Å². The van der Waals surface area contributed by atoms with Crippen molar-refractivity contribution in [1.82, 2.24) is 5.32 Å². The molecule has 2 aromatic heterocycles. The van der Waals surface area contributed by atoms with Gasteiger partial charge in [-0.05, 0) is 41.8 Å². The zero-order valence-corrected chi connectivity index (χ0v) is 13.0. The van der Waals surface area contributed by atoms with Crippen LogP contribution in [0.5, 0.6) is 0 Å². The Balaban J connectivity index is 1.78. The van der Waals surface area contributed by atoms with Crippen molar-refractivity contribution in [2.45, 2.75) is 41.8 Å². The molecule has 4 heteroatoms. The molecule has 0 radical (unpaired) electrons. The summed E-state index contributed by atoms with van der Waals surface area (Å²) in [6, 6.07) is 7.60. The highest BCUT2D eigenvalue weighted by Gasteiger charge is 2.27. The molecule has 1 N–H and O–H groups in total. The molecule has 0 amide bonds. The Morgan fingerprint density at radius 1 is 1.28 bits per heavy atom. The van der Waals surface area contributed by atoms with Crippen LogP contribution in [0.25, 0.3) is 0 Å². The van der Waals surface area contributed by atoms with Crippen molar-refractivity contribution in [2.24, 2.45) is 0 Å². The van der Waals surface area contributed by atoms with Gasteiger partial charge in [0.2, 0.25) is 0 Å². The largest absolute Gasteiger partial charge is 0.302 e. The number of hydrogen-bond donors (Lipinski definition) is 1. The second-order valence-corrected chi connectivity index (χ2v) is 8.39. The van der Waals surface area contributed by atoms with E-state index in [1.807, 2.05) is 34.4 Å². The average molecular weight is 295 g/mol. The number of nitrogens with one attached hydrogen (secondary N) is 1. The maximum Gasteiger partial charge on any atom is 0.0649 e. The van der Waals surface area contributed by atoms with E-state index in [0.29, 0.717) is 17.3 Å². The molecule has 0 spiro atoms.